The molecule has 4 aromatic rings. The molecule has 3 aromatic carbocycles. The quantitative estimate of drug-likeness (QED) is 0.305. The van der Waals surface area contributed by atoms with E-state index in [1.165, 1.54) is 44.9 Å². The molecule has 2 aliphatic rings. The fourth-order valence-electron chi connectivity index (χ4n) is 6.52. The first-order valence-corrected chi connectivity index (χ1v) is 12.9. The van der Waals surface area contributed by atoms with Crippen LogP contribution in [0.5, 0.6) is 0 Å². The number of pyridine rings is 1. The van der Waals surface area contributed by atoms with E-state index < -0.39 is 0 Å². The number of hydrogen-bond acceptors (Lipinski definition) is 3. The van der Waals surface area contributed by atoms with E-state index >= 15 is 0 Å². The largest absolute Gasteiger partial charge is 0.317 e. The van der Waals surface area contributed by atoms with Crippen LogP contribution in [0.25, 0.3) is 11.1 Å². The summed E-state index contributed by atoms with van der Waals surface area (Å²) in [7, 11) is 0. The first-order valence-electron chi connectivity index (χ1n) is 12.9. The Morgan fingerprint density at radius 1 is 0.800 bits per heavy atom. The molecule has 0 bridgehead atoms. The normalized spacial score (nSPS) is 17.7. The van der Waals surface area contributed by atoms with Crippen molar-refractivity contribution >= 4 is 22.9 Å². The van der Waals surface area contributed by atoms with Crippen LogP contribution in [0.1, 0.15) is 49.8 Å². The van der Waals surface area contributed by atoms with Crippen molar-refractivity contribution < 1.29 is 0 Å². The van der Waals surface area contributed by atoms with E-state index in [-0.39, 0.29) is 11.6 Å². The first-order chi connectivity index (χ1) is 17.1. The number of fused-ring (bicyclic) bond motifs is 5. The van der Waals surface area contributed by atoms with Gasteiger partial charge in [0.2, 0.25) is 0 Å². The summed E-state index contributed by atoms with van der Waals surface area (Å²) < 4.78 is 0. The van der Waals surface area contributed by atoms with Gasteiger partial charge in [0.15, 0.2) is 5.82 Å². The molecule has 0 N–H and O–H groups in total. The number of rotatable bonds is 4. The van der Waals surface area contributed by atoms with Crippen molar-refractivity contribution in [2.45, 2.75) is 58.5 Å². The predicted molar refractivity (Wildman–Crippen MR) is 147 cm³/mol. The maximum absolute atomic E-state index is 4.94. The number of nitrogens with zero attached hydrogens (tertiary/aromatic N) is 3. The third-order valence-electron chi connectivity index (χ3n) is 8.41. The minimum Gasteiger partial charge on any atom is -0.317 e. The standard InChI is InChI=1S/C32H33N3/c1-5-32(6-2)21-29-34(25-14-8-7-9-15-25)27-16-11-19-33-31(27)35(29)28-20-24(17-18-26(28)32)30-22(3)12-10-13-23(30)4/h7-20,29H,5-6,21H2,1-4H3. The number of aryl methyl sites for hydroxylation is 2. The van der Waals surface area contributed by atoms with Gasteiger partial charge in [0.05, 0.1) is 5.69 Å². The number of hydrogen-bond donors (Lipinski definition) is 0. The third-order valence-corrected chi connectivity index (χ3v) is 8.41. The summed E-state index contributed by atoms with van der Waals surface area (Å²) in [5.41, 5.74) is 10.6. The summed E-state index contributed by atoms with van der Waals surface area (Å²) >= 11 is 0. The van der Waals surface area contributed by atoms with Gasteiger partial charge in [-0.25, -0.2) is 4.98 Å². The summed E-state index contributed by atoms with van der Waals surface area (Å²) in [5.74, 6) is 1.06. The van der Waals surface area contributed by atoms with E-state index in [1.54, 1.807) is 0 Å². The molecule has 0 radical (unpaired) electrons. The molecule has 0 spiro atoms. The molecular formula is C32H33N3. The highest BCUT2D eigenvalue weighted by Gasteiger charge is 2.49. The van der Waals surface area contributed by atoms with Crippen molar-refractivity contribution in [1.82, 2.24) is 4.98 Å². The molecule has 176 valence electrons. The highest BCUT2D eigenvalue weighted by Crippen LogP contribution is 2.57. The third kappa shape index (κ3) is 3.21. The van der Waals surface area contributed by atoms with Crippen LogP contribution in [-0.2, 0) is 5.41 Å². The molecule has 6 rings (SSSR count). The minimum atomic E-state index is 0.130. The Hall–Kier alpha value is -3.59. The van der Waals surface area contributed by atoms with Crippen LogP contribution in [0.2, 0.25) is 0 Å². The zero-order valence-electron chi connectivity index (χ0n) is 21.1. The molecule has 3 heteroatoms. The number of aromatic nitrogens is 1. The molecule has 0 saturated heterocycles. The highest BCUT2D eigenvalue weighted by atomic mass is 15.4. The fourth-order valence-corrected chi connectivity index (χ4v) is 6.52. The van der Waals surface area contributed by atoms with E-state index in [4.69, 9.17) is 4.98 Å². The monoisotopic (exact) mass is 459 g/mol. The van der Waals surface area contributed by atoms with E-state index in [2.05, 4.69) is 116 Å². The van der Waals surface area contributed by atoms with Gasteiger partial charge in [0.1, 0.15) is 6.17 Å². The van der Waals surface area contributed by atoms with E-state index in [1.807, 2.05) is 6.20 Å². The first kappa shape index (κ1) is 21.9. The van der Waals surface area contributed by atoms with E-state index in [0.717, 1.165) is 25.1 Å². The van der Waals surface area contributed by atoms with Crippen LogP contribution in [0.15, 0.2) is 85.1 Å². The second-order valence-corrected chi connectivity index (χ2v) is 10.1. The summed E-state index contributed by atoms with van der Waals surface area (Å²) in [5, 5.41) is 0. The van der Waals surface area contributed by atoms with Gasteiger partial charge >= 0.3 is 0 Å². The zero-order valence-corrected chi connectivity index (χ0v) is 21.1. The van der Waals surface area contributed by atoms with Crippen LogP contribution in [0.4, 0.5) is 22.9 Å². The summed E-state index contributed by atoms with van der Waals surface area (Å²) in [4.78, 5) is 9.96. The maximum atomic E-state index is 4.94. The van der Waals surface area contributed by atoms with Gasteiger partial charge in [-0.05, 0) is 91.3 Å². The lowest BCUT2D eigenvalue weighted by Crippen LogP contribution is -2.48. The van der Waals surface area contributed by atoms with Gasteiger partial charge in [0, 0.05) is 23.0 Å². The van der Waals surface area contributed by atoms with Crippen LogP contribution in [0.3, 0.4) is 0 Å². The Morgan fingerprint density at radius 3 is 2.26 bits per heavy atom. The Kier molecular flexibility index (Phi) is 5.17. The van der Waals surface area contributed by atoms with E-state index in [0.29, 0.717) is 0 Å². The molecule has 3 nitrogen and oxygen atoms in total. The van der Waals surface area contributed by atoms with Crippen LogP contribution in [0, 0.1) is 13.8 Å². The zero-order chi connectivity index (χ0) is 24.2. The molecule has 35 heavy (non-hydrogen) atoms. The van der Waals surface area contributed by atoms with Crippen LogP contribution < -0.4 is 9.80 Å². The molecule has 1 atom stereocenters. The molecule has 3 heterocycles. The molecule has 0 amide bonds. The Labute approximate surface area is 209 Å². The predicted octanol–water partition coefficient (Wildman–Crippen LogP) is 8.44. The molecule has 1 aromatic heterocycles. The summed E-state index contributed by atoms with van der Waals surface area (Å²) in [6.45, 7) is 9.15. The van der Waals surface area contributed by atoms with Crippen LogP contribution in [-0.4, -0.2) is 11.1 Å². The molecule has 2 aliphatic heterocycles. The molecule has 1 unspecified atom stereocenters. The maximum Gasteiger partial charge on any atom is 0.158 e. The van der Waals surface area contributed by atoms with Crippen molar-refractivity contribution in [2.75, 3.05) is 9.80 Å². The van der Waals surface area contributed by atoms with Gasteiger partial charge in [-0.3, -0.25) is 0 Å². The van der Waals surface area contributed by atoms with Gasteiger partial charge in [0.25, 0.3) is 0 Å². The van der Waals surface area contributed by atoms with Crippen molar-refractivity contribution in [1.29, 1.82) is 0 Å². The Bertz CT molecular complexity index is 1370. The van der Waals surface area contributed by atoms with Gasteiger partial charge in [-0.15, -0.1) is 0 Å². The second kappa shape index (κ2) is 8.27. The van der Waals surface area contributed by atoms with Gasteiger partial charge in [-0.2, -0.15) is 0 Å². The van der Waals surface area contributed by atoms with Crippen LogP contribution >= 0.6 is 0 Å². The SMILES string of the molecule is CCC1(CC)CC2N(c3ccccc3)c3cccnc3N2c2cc(-c3c(C)cccc3C)ccc21. The summed E-state index contributed by atoms with van der Waals surface area (Å²) in [6.07, 6.45) is 5.44. The van der Waals surface area contributed by atoms with Crippen molar-refractivity contribution in [2.24, 2.45) is 0 Å². The lowest BCUT2D eigenvalue weighted by molar-refractivity contribution is 0.322. The molecule has 0 saturated carbocycles. The van der Waals surface area contributed by atoms with E-state index in [9.17, 15) is 0 Å². The second-order valence-electron chi connectivity index (χ2n) is 10.1. The number of benzene rings is 3. The smallest absolute Gasteiger partial charge is 0.158 e. The lowest BCUT2D eigenvalue weighted by Gasteiger charge is -2.47. The topological polar surface area (TPSA) is 19.4 Å². The van der Waals surface area contributed by atoms with Crippen molar-refractivity contribution in [3.63, 3.8) is 0 Å². The van der Waals surface area contributed by atoms with Crippen molar-refractivity contribution in [3.8, 4) is 11.1 Å². The Balaban J connectivity index is 1.61. The number of anilines is 4. The van der Waals surface area contributed by atoms with Gasteiger partial charge < -0.3 is 9.80 Å². The fraction of sp³-hybridized carbons (Fsp3) is 0.281. The Morgan fingerprint density at radius 2 is 1.54 bits per heavy atom. The number of para-hydroxylation sites is 1. The minimum absolute atomic E-state index is 0.130. The lowest BCUT2D eigenvalue weighted by atomic mass is 9.69. The average molecular weight is 460 g/mol. The summed E-state index contributed by atoms with van der Waals surface area (Å²) in [6, 6.07) is 28.9. The molecule has 0 aliphatic carbocycles. The molecule has 0 fully saturated rings. The van der Waals surface area contributed by atoms with Crippen molar-refractivity contribution in [3.05, 3.63) is 102 Å². The average Bonchev–Trinajstić information content (AvgIpc) is 3.22. The van der Waals surface area contributed by atoms with Gasteiger partial charge in [-0.1, -0.05) is 62.4 Å². The molecular weight excluding hydrogens is 426 g/mol. The highest BCUT2D eigenvalue weighted by molar-refractivity contribution is 5.89.